The molecule has 0 aromatic heterocycles. The minimum Gasteiger partial charge on any atom is -0.337 e. The highest BCUT2D eigenvalue weighted by atomic mass is 32.2. The Balaban J connectivity index is 1.63. The summed E-state index contributed by atoms with van der Waals surface area (Å²) in [7, 11) is -3.61. The van der Waals surface area contributed by atoms with Gasteiger partial charge in [-0.2, -0.15) is 4.31 Å². The van der Waals surface area contributed by atoms with E-state index in [4.69, 9.17) is 0 Å². The fourth-order valence-electron chi connectivity index (χ4n) is 3.30. The molecule has 1 amide bonds. The van der Waals surface area contributed by atoms with Gasteiger partial charge in [0.05, 0.1) is 4.90 Å². The lowest BCUT2D eigenvalue weighted by Crippen LogP contribution is -2.50. The molecule has 0 radical (unpaired) electrons. The smallest absolute Gasteiger partial charge is 0.246 e. The zero-order valence-electron chi connectivity index (χ0n) is 17.5. The molecule has 2 aromatic carbocycles. The third kappa shape index (κ3) is 4.96. The summed E-state index contributed by atoms with van der Waals surface area (Å²) in [6.45, 7) is 7.26. The second-order valence-electron chi connectivity index (χ2n) is 8.36. The Labute approximate surface area is 177 Å². The van der Waals surface area contributed by atoms with Crippen LogP contribution in [0.25, 0.3) is 6.08 Å². The molecule has 2 aromatic rings. The van der Waals surface area contributed by atoms with Crippen molar-refractivity contribution in [3.63, 3.8) is 0 Å². The summed E-state index contributed by atoms with van der Waals surface area (Å²) < 4.78 is 41.0. The largest absolute Gasteiger partial charge is 0.337 e. The minimum absolute atomic E-state index is 0.0511. The van der Waals surface area contributed by atoms with E-state index < -0.39 is 15.8 Å². The van der Waals surface area contributed by atoms with Crippen molar-refractivity contribution in [3.05, 3.63) is 71.6 Å². The number of rotatable bonds is 4. The molecular weight excluding hydrogens is 403 g/mol. The van der Waals surface area contributed by atoms with Crippen molar-refractivity contribution in [3.8, 4) is 0 Å². The van der Waals surface area contributed by atoms with Gasteiger partial charge >= 0.3 is 0 Å². The zero-order chi connectivity index (χ0) is 21.9. The lowest BCUT2D eigenvalue weighted by molar-refractivity contribution is -0.127. The van der Waals surface area contributed by atoms with Gasteiger partial charge in [0.2, 0.25) is 15.9 Å². The van der Waals surface area contributed by atoms with E-state index >= 15 is 0 Å². The van der Waals surface area contributed by atoms with Gasteiger partial charge in [0.25, 0.3) is 0 Å². The second kappa shape index (κ2) is 8.70. The average Bonchev–Trinajstić information content (AvgIpc) is 2.72. The molecule has 30 heavy (non-hydrogen) atoms. The maximum atomic E-state index is 13.7. The van der Waals surface area contributed by atoms with E-state index in [0.717, 1.165) is 5.56 Å². The molecule has 7 heteroatoms. The summed E-state index contributed by atoms with van der Waals surface area (Å²) in [5.41, 5.74) is 1.36. The summed E-state index contributed by atoms with van der Waals surface area (Å²) >= 11 is 0. The van der Waals surface area contributed by atoms with Gasteiger partial charge in [-0.15, -0.1) is 0 Å². The molecule has 1 heterocycles. The van der Waals surface area contributed by atoms with Gasteiger partial charge in [0.15, 0.2) is 0 Å². The molecule has 0 saturated carbocycles. The van der Waals surface area contributed by atoms with E-state index in [0.29, 0.717) is 18.7 Å². The zero-order valence-corrected chi connectivity index (χ0v) is 18.3. The molecular formula is C23H27FN2O3S. The Morgan fingerprint density at radius 3 is 2.13 bits per heavy atom. The monoisotopic (exact) mass is 430 g/mol. The number of carbonyl (C=O) groups excluding carboxylic acids is 1. The number of benzene rings is 2. The molecule has 1 fully saturated rings. The summed E-state index contributed by atoms with van der Waals surface area (Å²) in [5, 5.41) is 0. The number of carbonyl (C=O) groups is 1. The maximum absolute atomic E-state index is 13.7. The molecule has 0 bridgehead atoms. The lowest BCUT2D eigenvalue weighted by Gasteiger charge is -2.33. The average molecular weight is 431 g/mol. The molecule has 1 aliphatic rings. The predicted molar refractivity (Wildman–Crippen MR) is 116 cm³/mol. The molecule has 0 unspecified atom stereocenters. The first-order chi connectivity index (χ1) is 14.1. The maximum Gasteiger partial charge on any atom is 0.246 e. The quantitative estimate of drug-likeness (QED) is 0.696. The van der Waals surface area contributed by atoms with Gasteiger partial charge in [-0.3, -0.25) is 4.79 Å². The highest BCUT2D eigenvalue weighted by Crippen LogP contribution is 2.25. The van der Waals surface area contributed by atoms with Gasteiger partial charge in [0.1, 0.15) is 5.82 Å². The van der Waals surface area contributed by atoms with E-state index in [1.54, 1.807) is 35.2 Å². The molecule has 0 spiro atoms. The van der Waals surface area contributed by atoms with Crippen LogP contribution in [0.4, 0.5) is 4.39 Å². The van der Waals surface area contributed by atoms with Crippen LogP contribution in [0, 0.1) is 5.82 Å². The Morgan fingerprint density at radius 1 is 0.967 bits per heavy atom. The van der Waals surface area contributed by atoms with Crippen LogP contribution in [0.15, 0.2) is 59.5 Å². The highest BCUT2D eigenvalue weighted by molar-refractivity contribution is 7.89. The summed E-state index contributed by atoms with van der Waals surface area (Å²) in [6, 6.07) is 13.2. The predicted octanol–water partition coefficient (Wildman–Crippen LogP) is 3.67. The van der Waals surface area contributed by atoms with E-state index in [9.17, 15) is 17.6 Å². The van der Waals surface area contributed by atoms with Crippen LogP contribution < -0.4 is 0 Å². The standard InChI is InChI=1S/C23H27FN2O3S/c1-23(2,3)19-9-11-20(12-10-19)30(28,29)26-16-14-25(15-17-26)22(27)13-8-18-6-4-5-7-21(18)24/h4-13H,14-17H2,1-3H3. The molecule has 160 valence electrons. The van der Waals surface area contributed by atoms with E-state index in [-0.39, 0.29) is 29.3 Å². The first kappa shape index (κ1) is 22.2. The Morgan fingerprint density at radius 2 is 1.57 bits per heavy atom. The minimum atomic E-state index is -3.61. The molecule has 3 rings (SSSR count). The Bertz CT molecular complexity index is 1030. The van der Waals surface area contributed by atoms with Crippen molar-refractivity contribution < 1.29 is 17.6 Å². The van der Waals surface area contributed by atoms with Gasteiger partial charge in [0, 0.05) is 37.8 Å². The molecule has 0 N–H and O–H groups in total. The molecule has 5 nitrogen and oxygen atoms in total. The van der Waals surface area contributed by atoms with Crippen molar-refractivity contribution in [2.45, 2.75) is 31.1 Å². The number of sulfonamides is 1. The van der Waals surface area contributed by atoms with Crippen LogP contribution in [-0.4, -0.2) is 49.7 Å². The Kier molecular flexibility index (Phi) is 6.43. The van der Waals surface area contributed by atoms with Gasteiger partial charge in [-0.05, 0) is 35.3 Å². The van der Waals surface area contributed by atoms with E-state index in [1.165, 1.54) is 22.5 Å². The van der Waals surface area contributed by atoms with Crippen LogP contribution in [0.3, 0.4) is 0 Å². The number of piperazine rings is 1. The number of halogens is 1. The topological polar surface area (TPSA) is 57.7 Å². The third-order valence-corrected chi connectivity index (χ3v) is 7.13. The molecule has 0 atom stereocenters. The Hall–Kier alpha value is -2.51. The fraction of sp³-hybridized carbons (Fsp3) is 0.348. The number of hydrogen-bond donors (Lipinski definition) is 0. The third-order valence-electron chi connectivity index (χ3n) is 5.22. The SMILES string of the molecule is CC(C)(C)c1ccc(S(=O)(=O)N2CCN(C(=O)C=Cc3ccccc3F)CC2)cc1. The summed E-state index contributed by atoms with van der Waals surface area (Å²) in [6.07, 6.45) is 2.77. The van der Waals surface area contributed by atoms with Crippen LogP contribution in [0.5, 0.6) is 0 Å². The first-order valence-electron chi connectivity index (χ1n) is 9.91. The van der Waals surface area contributed by atoms with Gasteiger partial charge in [-0.25, -0.2) is 12.8 Å². The van der Waals surface area contributed by atoms with Crippen LogP contribution in [-0.2, 0) is 20.2 Å². The van der Waals surface area contributed by atoms with Crippen LogP contribution in [0.1, 0.15) is 31.9 Å². The van der Waals surface area contributed by atoms with Crippen molar-refractivity contribution in [1.29, 1.82) is 0 Å². The van der Waals surface area contributed by atoms with Gasteiger partial charge < -0.3 is 4.90 Å². The van der Waals surface area contributed by atoms with Crippen LogP contribution in [0.2, 0.25) is 0 Å². The highest BCUT2D eigenvalue weighted by Gasteiger charge is 2.29. The summed E-state index contributed by atoms with van der Waals surface area (Å²) in [4.78, 5) is 14.2. The van der Waals surface area contributed by atoms with Crippen molar-refractivity contribution >= 4 is 22.0 Å². The first-order valence-corrected chi connectivity index (χ1v) is 11.4. The second-order valence-corrected chi connectivity index (χ2v) is 10.3. The van der Waals surface area contributed by atoms with Crippen LogP contribution >= 0.6 is 0 Å². The van der Waals surface area contributed by atoms with Crippen molar-refractivity contribution in [2.24, 2.45) is 0 Å². The number of hydrogen-bond acceptors (Lipinski definition) is 3. The molecule has 1 saturated heterocycles. The molecule has 1 aliphatic heterocycles. The van der Waals surface area contributed by atoms with E-state index in [1.807, 2.05) is 12.1 Å². The lowest BCUT2D eigenvalue weighted by atomic mass is 9.87. The number of nitrogens with zero attached hydrogens (tertiary/aromatic N) is 2. The van der Waals surface area contributed by atoms with Crippen molar-refractivity contribution in [2.75, 3.05) is 26.2 Å². The fourth-order valence-corrected chi connectivity index (χ4v) is 4.72. The normalized spacial score (nSPS) is 16.2. The van der Waals surface area contributed by atoms with Crippen molar-refractivity contribution in [1.82, 2.24) is 9.21 Å². The van der Waals surface area contributed by atoms with E-state index in [2.05, 4.69) is 20.8 Å². The summed E-state index contributed by atoms with van der Waals surface area (Å²) in [5.74, 6) is -0.653. The number of amides is 1. The molecule has 0 aliphatic carbocycles. The van der Waals surface area contributed by atoms with Gasteiger partial charge in [-0.1, -0.05) is 51.1 Å².